The number of anilines is 1. The summed E-state index contributed by atoms with van der Waals surface area (Å²) >= 11 is 0. The highest BCUT2D eigenvalue weighted by Gasteiger charge is 2.09. The molecule has 0 unspecified atom stereocenters. The fourth-order valence-electron chi connectivity index (χ4n) is 1.37. The molecule has 88 valence electrons. The lowest BCUT2D eigenvalue weighted by Gasteiger charge is -2.09. The summed E-state index contributed by atoms with van der Waals surface area (Å²) in [6, 6.07) is 5.85. The van der Waals surface area contributed by atoms with Gasteiger partial charge in [0.25, 0.3) is 0 Å². The van der Waals surface area contributed by atoms with E-state index in [0.29, 0.717) is 28.8 Å². The van der Waals surface area contributed by atoms with Gasteiger partial charge in [-0.05, 0) is 26.0 Å². The van der Waals surface area contributed by atoms with Crippen molar-refractivity contribution in [1.82, 2.24) is 9.97 Å². The SMILES string of the molecule is Cc1nc(N)c(C)c(Oc2cccc(F)c2)n1. The summed E-state index contributed by atoms with van der Waals surface area (Å²) in [7, 11) is 0. The van der Waals surface area contributed by atoms with E-state index in [1.807, 2.05) is 0 Å². The molecule has 0 radical (unpaired) electrons. The summed E-state index contributed by atoms with van der Waals surface area (Å²) in [6.45, 7) is 3.47. The quantitative estimate of drug-likeness (QED) is 0.866. The van der Waals surface area contributed by atoms with Crippen LogP contribution >= 0.6 is 0 Å². The van der Waals surface area contributed by atoms with E-state index in [1.54, 1.807) is 26.0 Å². The molecule has 0 bridgehead atoms. The van der Waals surface area contributed by atoms with E-state index in [1.165, 1.54) is 12.1 Å². The van der Waals surface area contributed by atoms with Crippen molar-refractivity contribution in [2.45, 2.75) is 13.8 Å². The fraction of sp³-hybridized carbons (Fsp3) is 0.167. The van der Waals surface area contributed by atoms with Crippen molar-refractivity contribution >= 4 is 5.82 Å². The van der Waals surface area contributed by atoms with Gasteiger partial charge in [0.1, 0.15) is 23.2 Å². The average Bonchev–Trinajstić information content (AvgIpc) is 2.25. The number of nitrogens with zero attached hydrogens (tertiary/aromatic N) is 2. The second kappa shape index (κ2) is 4.37. The highest BCUT2D eigenvalue weighted by molar-refractivity contribution is 5.45. The van der Waals surface area contributed by atoms with E-state index in [2.05, 4.69) is 9.97 Å². The number of hydrogen-bond acceptors (Lipinski definition) is 4. The smallest absolute Gasteiger partial charge is 0.227 e. The largest absolute Gasteiger partial charge is 0.438 e. The Kier molecular flexibility index (Phi) is 2.91. The van der Waals surface area contributed by atoms with E-state index in [9.17, 15) is 4.39 Å². The Balaban J connectivity index is 2.36. The number of rotatable bonds is 2. The minimum Gasteiger partial charge on any atom is -0.438 e. The molecular weight excluding hydrogens is 221 g/mol. The maximum absolute atomic E-state index is 13.0. The summed E-state index contributed by atoms with van der Waals surface area (Å²) in [5, 5.41) is 0. The lowest BCUT2D eigenvalue weighted by Crippen LogP contribution is -2.02. The van der Waals surface area contributed by atoms with Crippen molar-refractivity contribution in [1.29, 1.82) is 0 Å². The van der Waals surface area contributed by atoms with Crippen molar-refractivity contribution in [2.24, 2.45) is 0 Å². The van der Waals surface area contributed by atoms with Crippen LogP contribution in [0.2, 0.25) is 0 Å². The van der Waals surface area contributed by atoms with E-state index >= 15 is 0 Å². The van der Waals surface area contributed by atoms with Gasteiger partial charge in [0.15, 0.2) is 0 Å². The Bertz CT molecular complexity index is 557. The maximum atomic E-state index is 13.0. The summed E-state index contributed by atoms with van der Waals surface area (Å²) in [5.41, 5.74) is 6.34. The lowest BCUT2D eigenvalue weighted by atomic mass is 10.3. The van der Waals surface area contributed by atoms with Gasteiger partial charge in [0, 0.05) is 6.07 Å². The molecule has 0 atom stereocenters. The van der Waals surface area contributed by atoms with Gasteiger partial charge in [-0.3, -0.25) is 0 Å². The van der Waals surface area contributed by atoms with E-state index < -0.39 is 0 Å². The lowest BCUT2D eigenvalue weighted by molar-refractivity contribution is 0.452. The molecule has 0 fully saturated rings. The molecule has 2 N–H and O–H groups in total. The molecule has 1 aromatic heterocycles. The van der Waals surface area contributed by atoms with Gasteiger partial charge in [-0.1, -0.05) is 6.07 Å². The minimum absolute atomic E-state index is 0.348. The van der Waals surface area contributed by atoms with Crippen LogP contribution in [0.3, 0.4) is 0 Å². The number of aryl methyl sites for hydroxylation is 1. The van der Waals surface area contributed by atoms with Gasteiger partial charge in [0.2, 0.25) is 5.88 Å². The summed E-state index contributed by atoms with van der Waals surface area (Å²) in [6.07, 6.45) is 0. The topological polar surface area (TPSA) is 61.0 Å². The Hall–Kier alpha value is -2.17. The van der Waals surface area contributed by atoms with Crippen molar-refractivity contribution in [3.8, 4) is 11.6 Å². The van der Waals surface area contributed by atoms with Gasteiger partial charge in [-0.15, -0.1) is 0 Å². The third-order valence-corrected chi connectivity index (χ3v) is 2.26. The van der Waals surface area contributed by atoms with E-state index in [-0.39, 0.29) is 5.82 Å². The van der Waals surface area contributed by atoms with Crippen molar-refractivity contribution < 1.29 is 9.13 Å². The van der Waals surface area contributed by atoms with Crippen molar-refractivity contribution in [3.05, 3.63) is 41.5 Å². The standard InChI is InChI=1S/C12H12FN3O/c1-7-11(14)15-8(2)16-12(7)17-10-5-3-4-9(13)6-10/h3-6H,1-2H3,(H2,14,15,16). The Morgan fingerprint density at radius 1 is 1.24 bits per heavy atom. The molecule has 1 heterocycles. The summed E-state index contributed by atoms with van der Waals surface area (Å²) in [4.78, 5) is 8.13. The van der Waals surface area contributed by atoms with Gasteiger partial charge in [-0.2, -0.15) is 4.98 Å². The molecule has 2 aromatic rings. The van der Waals surface area contributed by atoms with Crippen molar-refractivity contribution in [3.63, 3.8) is 0 Å². The van der Waals surface area contributed by atoms with Gasteiger partial charge in [0.05, 0.1) is 5.56 Å². The highest BCUT2D eigenvalue weighted by atomic mass is 19.1. The number of halogens is 1. The predicted octanol–water partition coefficient (Wildman–Crippen LogP) is 2.61. The molecule has 17 heavy (non-hydrogen) atoms. The van der Waals surface area contributed by atoms with Crippen molar-refractivity contribution in [2.75, 3.05) is 5.73 Å². The number of nitrogens with two attached hydrogens (primary N) is 1. The zero-order chi connectivity index (χ0) is 12.4. The van der Waals surface area contributed by atoms with E-state index in [4.69, 9.17) is 10.5 Å². The maximum Gasteiger partial charge on any atom is 0.227 e. The van der Waals surface area contributed by atoms with Crippen LogP contribution in [0.1, 0.15) is 11.4 Å². The number of ether oxygens (including phenoxy) is 1. The van der Waals surface area contributed by atoms with Gasteiger partial charge >= 0.3 is 0 Å². The molecule has 5 heteroatoms. The molecule has 0 aliphatic heterocycles. The zero-order valence-electron chi connectivity index (χ0n) is 9.57. The molecule has 1 aromatic carbocycles. The van der Waals surface area contributed by atoms with Crippen LogP contribution in [0.25, 0.3) is 0 Å². The van der Waals surface area contributed by atoms with Crippen LogP contribution < -0.4 is 10.5 Å². The molecule has 0 amide bonds. The zero-order valence-corrected chi connectivity index (χ0v) is 9.57. The first kappa shape index (κ1) is 11.3. The molecule has 0 aliphatic rings. The van der Waals surface area contributed by atoms with Gasteiger partial charge < -0.3 is 10.5 Å². The number of benzene rings is 1. The first-order chi connectivity index (χ1) is 8.06. The Labute approximate surface area is 98.3 Å². The molecule has 0 spiro atoms. The summed E-state index contributed by atoms with van der Waals surface area (Å²) in [5.74, 6) is 1.24. The molecule has 4 nitrogen and oxygen atoms in total. The molecule has 2 rings (SSSR count). The number of nitrogen functional groups attached to an aromatic ring is 1. The third-order valence-electron chi connectivity index (χ3n) is 2.26. The second-order valence-corrected chi connectivity index (χ2v) is 3.65. The highest BCUT2D eigenvalue weighted by Crippen LogP contribution is 2.25. The molecule has 0 aliphatic carbocycles. The van der Waals surface area contributed by atoms with Gasteiger partial charge in [-0.25, -0.2) is 9.37 Å². The minimum atomic E-state index is -0.362. The van der Waals surface area contributed by atoms with Crippen LogP contribution in [0, 0.1) is 19.7 Å². The van der Waals surface area contributed by atoms with Crippen LogP contribution in [0.4, 0.5) is 10.2 Å². The third kappa shape index (κ3) is 2.50. The first-order valence-corrected chi connectivity index (χ1v) is 5.10. The van der Waals surface area contributed by atoms with Crippen LogP contribution in [-0.2, 0) is 0 Å². The first-order valence-electron chi connectivity index (χ1n) is 5.10. The summed E-state index contributed by atoms with van der Waals surface area (Å²) < 4.78 is 18.5. The van der Waals surface area contributed by atoms with Crippen LogP contribution in [0.5, 0.6) is 11.6 Å². The normalized spacial score (nSPS) is 10.3. The number of aromatic nitrogens is 2. The molecule has 0 saturated carbocycles. The number of hydrogen-bond donors (Lipinski definition) is 1. The average molecular weight is 233 g/mol. The predicted molar refractivity (Wildman–Crippen MR) is 62.4 cm³/mol. The second-order valence-electron chi connectivity index (χ2n) is 3.65. The Morgan fingerprint density at radius 2 is 2.00 bits per heavy atom. The van der Waals surface area contributed by atoms with Crippen LogP contribution in [0.15, 0.2) is 24.3 Å². The monoisotopic (exact) mass is 233 g/mol. The molecular formula is C12H12FN3O. The molecule has 0 saturated heterocycles. The Morgan fingerprint density at radius 3 is 2.71 bits per heavy atom. The van der Waals surface area contributed by atoms with E-state index in [0.717, 1.165) is 0 Å². The van der Waals surface area contributed by atoms with Crippen LogP contribution in [-0.4, -0.2) is 9.97 Å². The fourth-order valence-corrected chi connectivity index (χ4v) is 1.37.